The van der Waals surface area contributed by atoms with Gasteiger partial charge in [0.15, 0.2) is 0 Å². The second-order valence-corrected chi connectivity index (χ2v) is 5.50. The summed E-state index contributed by atoms with van der Waals surface area (Å²) in [6.07, 6.45) is 6.91. The largest absolute Gasteiger partial charge is 0.341 e. The molecule has 1 aliphatic rings. The lowest BCUT2D eigenvalue weighted by atomic mass is 10.0. The van der Waals surface area contributed by atoms with E-state index in [1.807, 2.05) is 7.05 Å². The fourth-order valence-corrected chi connectivity index (χ4v) is 2.93. The normalized spacial score (nSPS) is 15.7. The molecular formula is C16H28N4. The first-order chi connectivity index (χ1) is 9.80. The summed E-state index contributed by atoms with van der Waals surface area (Å²) in [5.74, 6) is 0.964. The average Bonchev–Trinajstić information content (AvgIpc) is 2.52. The molecule has 112 valence electrons. The Hall–Kier alpha value is -1.16. The van der Waals surface area contributed by atoms with Crippen LogP contribution < -0.4 is 10.2 Å². The summed E-state index contributed by atoms with van der Waals surface area (Å²) in [6.45, 7) is 7.62. The number of likely N-dealkylation sites (N-methyl/N-ethyl adjacent to an activating group) is 1. The van der Waals surface area contributed by atoms with E-state index in [9.17, 15) is 0 Å². The van der Waals surface area contributed by atoms with Gasteiger partial charge >= 0.3 is 0 Å². The highest BCUT2D eigenvalue weighted by atomic mass is 15.3. The maximum absolute atomic E-state index is 4.86. The van der Waals surface area contributed by atoms with Crippen molar-refractivity contribution in [2.45, 2.75) is 52.4 Å². The summed E-state index contributed by atoms with van der Waals surface area (Å²) in [5, 5.41) is 3.23. The number of nitrogens with one attached hydrogen (secondary N) is 1. The maximum Gasteiger partial charge on any atom is 0.225 e. The number of aryl methyl sites for hydroxylation is 2. The molecule has 4 nitrogen and oxygen atoms in total. The highest BCUT2D eigenvalue weighted by Crippen LogP contribution is 2.21. The van der Waals surface area contributed by atoms with E-state index in [1.165, 1.54) is 36.2 Å². The number of piperidine rings is 1. The topological polar surface area (TPSA) is 41.1 Å². The number of hydrogen-bond donors (Lipinski definition) is 1. The van der Waals surface area contributed by atoms with Crippen molar-refractivity contribution in [3.63, 3.8) is 0 Å². The predicted octanol–water partition coefficient (Wildman–Crippen LogP) is 2.35. The van der Waals surface area contributed by atoms with Gasteiger partial charge in [0.1, 0.15) is 0 Å². The molecule has 0 aliphatic carbocycles. The van der Waals surface area contributed by atoms with Crippen molar-refractivity contribution in [2.24, 2.45) is 0 Å². The van der Waals surface area contributed by atoms with Gasteiger partial charge in [0.2, 0.25) is 5.95 Å². The SMILES string of the molecule is CCc1nc(N2CCCCC2)nc(CC)c1CCNC. The van der Waals surface area contributed by atoms with Crippen molar-refractivity contribution in [3.8, 4) is 0 Å². The Morgan fingerprint density at radius 1 is 1.00 bits per heavy atom. The van der Waals surface area contributed by atoms with Crippen molar-refractivity contribution in [3.05, 3.63) is 17.0 Å². The number of aromatic nitrogens is 2. The summed E-state index contributed by atoms with van der Waals surface area (Å²) >= 11 is 0. The lowest BCUT2D eigenvalue weighted by molar-refractivity contribution is 0.565. The Bertz CT molecular complexity index is 399. The molecule has 1 N–H and O–H groups in total. The molecule has 2 heterocycles. The van der Waals surface area contributed by atoms with E-state index in [0.29, 0.717) is 0 Å². The molecule has 0 radical (unpaired) electrons. The van der Waals surface area contributed by atoms with Gasteiger partial charge in [-0.1, -0.05) is 13.8 Å². The minimum atomic E-state index is 0.964. The Balaban J connectivity index is 2.30. The van der Waals surface area contributed by atoms with Gasteiger partial charge in [0.25, 0.3) is 0 Å². The van der Waals surface area contributed by atoms with E-state index in [0.717, 1.165) is 44.8 Å². The molecule has 1 fully saturated rings. The van der Waals surface area contributed by atoms with Crippen LogP contribution in [0.2, 0.25) is 0 Å². The van der Waals surface area contributed by atoms with Crippen LogP contribution in [0.15, 0.2) is 0 Å². The van der Waals surface area contributed by atoms with Crippen molar-refractivity contribution in [1.29, 1.82) is 0 Å². The third-order valence-electron chi connectivity index (χ3n) is 4.10. The molecule has 0 unspecified atom stereocenters. The maximum atomic E-state index is 4.86. The minimum absolute atomic E-state index is 0.964. The van der Waals surface area contributed by atoms with Crippen LogP contribution in [-0.2, 0) is 19.3 Å². The van der Waals surface area contributed by atoms with E-state index in [-0.39, 0.29) is 0 Å². The van der Waals surface area contributed by atoms with Crippen LogP contribution in [0.5, 0.6) is 0 Å². The summed E-state index contributed by atoms with van der Waals surface area (Å²) in [5.41, 5.74) is 3.85. The van der Waals surface area contributed by atoms with Gasteiger partial charge in [-0.3, -0.25) is 0 Å². The van der Waals surface area contributed by atoms with E-state index in [4.69, 9.17) is 9.97 Å². The van der Waals surface area contributed by atoms with Gasteiger partial charge in [0.05, 0.1) is 0 Å². The Morgan fingerprint density at radius 3 is 2.10 bits per heavy atom. The van der Waals surface area contributed by atoms with Crippen LogP contribution in [0.25, 0.3) is 0 Å². The highest BCUT2D eigenvalue weighted by molar-refractivity contribution is 5.38. The van der Waals surface area contributed by atoms with Gasteiger partial charge in [-0.05, 0) is 57.7 Å². The van der Waals surface area contributed by atoms with Crippen LogP contribution in [0.1, 0.15) is 50.1 Å². The van der Waals surface area contributed by atoms with Crippen LogP contribution in [0.4, 0.5) is 5.95 Å². The van der Waals surface area contributed by atoms with Crippen molar-refractivity contribution in [1.82, 2.24) is 15.3 Å². The lowest BCUT2D eigenvalue weighted by Crippen LogP contribution is -2.32. The molecule has 1 aromatic heterocycles. The molecular weight excluding hydrogens is 248 g/mol. The monoisotopic (exact) mass is 276 g/mol. The average molecular weight is 276 g/mol. The lowest BCUT2D eigenvalue weighted by Gasteiger charge is -2.28. The van der Waals surface area contributed by atoms with Crippen molar-refractivity contribution in [2.75, 3.05) is 31.6 Å². The second-order valence-electron chi connectivity index (χ2n) is 5.50. The molecule has 20 heavy (non-hydrogen) atoms. The molecule has 1 saturated heterocycles. The van der Waals surface area contributed by atoms with Gasteiger partial charge in [0, 0.05) is 24.5 Å². The molecule has 0 aromatic carbocycles. The summed E-state index contributed by atoms with van der Waals surface area (Å²) in [6, 6.07) is 0. The summed E-state index contributed by atoms with van der Waals surface area (Å²) < 4.78 is 0. The molecule has 1 aromatic rings. The quantitative estimate of drug-likeness (QED) is 0.866. The fourth-order valence-electron chi connectivity index (χ4n) is 2.93. The highest BCUT2D eigenvalue weighted by Gasteiger charge is 2.17. The van der Waals surface area contributed by atoms with E-state index < -0.39 is 0 Å². The van der Waals surface area contributed by atoms with Gasteiger partial charge in [-0.15, -0.1) is 0 Å². The molecule has 0 atom stereocenters. The van der Waals surface area contributed by atoms with Crippen LogP contribution in [-0.4, -0.2) is 36.6 Å². The van der Waals surface area contributed by atoms with Crippen LogP contribution in [0, 0.1) is 0 Å². The first-order valence-electron chi connectivity index (χ1n) is 8.08. The van der Waals surface area contributed by atoms with Gasteiger partial charge in [-0.25, -0.2) is 9.97 Å². The molecule has 2 rings (SSSR count). The van der Waals surface area contributed by atoms with E-state index in [2.05, 4.69) is 24.1 Å². The predicted molar refractivity (Wildman–Crippen MR) is 84.5 cm³/mol. The molecule has 1 aliphatic heterocycles. The third-order valence-corrected chi connectivity index (χ3v) is 4.10. The number of rotatable bonds is 6. The first kappa shape index (κ1) is 15.2. The summed E-state index contributed by atoms with van der Waals surface area (Å²) in [7, 11) is 2.00. The molecule has 0 spiro atoms. The first-order valence-corrected chi connectivity index (χ1v) is 8.08. The zero-order chi connectivity index (χ0) is 14.4. The zero-order valence-electron chi connectivity index (χ0n) is 13.2. The standard InChI is InChI=1S/C16H28N4/c1-4-14-13(9-10-17-3)15(5-2)19-16(18-14)20-11-7-6-8-12-20/h17H,4-12H2,1-3H3. The van der Waals surface area contributed by atoms with E-state index >= 15 is 0 Å². The minimum Gasteiger partial charge on any atom is -0.341 e. The number of anilines is 1. The Morgan fingerprint density at radius 2 is 1.60 bits per heavy atom. The van der Waals surface area contributed by atoms with Crippen LogP contribution in [0.3, 0.4) is 0 Å². The second kappa shape index (κ2) is 7.58. The van der Waals surface area contributed by atoms with Gasteiger partial charge in [-0.2, -0.15) is 0 Å². The van der Waals surface area contributed by atoms with E-state index in [1.54, 1.807) is 0 Å². The molecule has 0 amide bonds. The Labute approximate surface area is 123 Å². The van der Waals surface area contributed by atoms with Gasteiger partial charge < -0.3 is 10.2 Å². The molecule has 4 heteroatoms. The zero-order valence-corrected chi connectivity index (χ0v) is 13.2. The third kappa shape index (κ3) is 3.48. The Kier molecular flexibility index (Phi) is 5.77. The van der Waals surface area contributed by atoms with Crippen LogP contribution >= 0.6 is 0 Å². The molecule has 0 bridgehead atoms. The fraction of sp³-hybridized carbons (Fsp3) is 0.750. The number of hydrogen-bond acceptors (Lipinski definition) is 4. The van der Waals surface area contributed by atoms with Crippen molar-refractivity contribution >= 4 is 5.95 Å². The smallest absolute Gasteiger partial charge is 0.225 e. The summed E-state index contributed by atoms with van der Waals surface area (Å²) in [4.78, 5) is 12.1. The van der Waals surface area contributed by atoms with Crippen molar-refractivity contribution < 1.29 is 0 Å². The molecule has 0 saturated carbocycles. The number of nitrogens with zero attached hydrogens (tertiary/aromatic N) is 3.